The van der Waals surface area contributed by atoms with Gasteiger partial charge in [-0.2, -0.15) is 23.5 Å². The Morgan fingerprint density at radius 3 is 2.42 bits per heavy atom. The first-order chi connectivity index (χ1) is 8.97. The first-order valence-electron chi connectivity index (χ1n) is 7.01. The van der Waals surface area contributed by atoms with E-state index >= 15 is 0 Å². The Bertz CT molecular complexity index is 388. The zero-order valence-corrected chi connectivity index (χ0v) is 13.8. The lowest BCUT2D eigenvalue weighted by molar-refractivity contribution is 0.589. The van der Waals surface area contributed by atoms with Crippen molar-refractivity contribution in [2.24, 2.45) is 5.73 Å². The third-order valence-corrected chi connectivity index (χ3v) is 6.55. The fourth-order valence-electron chi connectivity index (χ4n) is 2.30. The van der Waals surface area contributed by atoms with Gasteiger partial charge in [0, 0.05) is 28.6 Å². The van der Waals surface area contributed by atoms with Crippen LogP contribution in [0.4, 0.5) is 0 Å². The Kier molecular flexibility index (Phi) is 5.27. The van der Waals surface area contributed by atoms with Gasteiger partial charge in [0.25, 0.3) is 0 Å². The van der Waals surface area contributed by atoms with Crippen LogP contribution in [-0.4, -0.2) is 28.6 Å². The van der Waals surface area contributed by atoms with Crippen molar-refractivity contribution in [3.8, 4) is 0 Å². The van der Waals surface area contributed by atoms with Crippen LogP contribution in [0.25, 0.3) is 0 Å². The summed E-state index contributed by atoms with van der Waals surface area (Å²) in [5, 5.41) is 0.626. The second-order valence-corrected chi connectivity index (χ2v) is 8.80. The van der Waals surface area contributed by atoms with Crippen LogP contribution in [-0.2, 0) is 11.8 Å². The van der Waals surface area contributed by atoms with Crippen molar-refractivity contribution in [3.63, 3.8) is 0 Å². The van der Waals surface area contributed by atoms with Gasteiger partial charge < -0.3 is 5.73 Å². The van der Waals surface area contributed by atoms with Crippen LogP contribution < -0.4 is 5.73 Å². The molecule has 2 N–H and O–H groups in total. The molecule has 0 bridgehead atoms. The Hall–Kier alpha value is -0.120. The Balaban J connectivity index is 1.95. The van der Waals surface area contributed by atoms with Crippen molar-refractivity contribution in [2.75, 3.05) is 17.3 Å². The zero-order valence-electron chi connectivity index (χ0n) is 12.2. The third-order valence-electron chi connectivity index (χ3n) is 3.61. The van der Waals surface area contributed by atoms with E-state index in [1.54, 1.807) is 0 Å². The lowest BCUT2D eigenvalue weighted by Gasteiger charge is -2.27. The first kappa shape index (κ1) is 15.3. The number of nitrogens with two attached hydrogens (primary N) is 1. The van der Waals surface area contributed by atoms with Crippen molar-refractivity contribution in [1.82, 2.24) is 0 Å². The summed E-state index contributed by atoms with van der Waals surface area (Å²) in [5.74, 6) is 3.76. The van der Waals surface area contributed by atoms with Crippen LogP contribution in [0.2, 0.25) is 0 Å². The van der Waals surface area contributed by atoms with E-state index in [2.05, 4.69) is 56.8 Å². The smallest absolute Gasteiger partial charge is 0.0293 e. The molecule has 1 saturated heterocycles. The largest absolute Gasteiger partial charge is 0.326 e. The molecular weight excluding hydrogens is 270 g/mol. The van der Waals surface area contributed by atoms with Gasteiger partial charge in [0.15, 0.2) is 0 Å². The predicted octanol–water partition coefficient (Wildman–Crippen LogP) is 3.70. The van der Waals surface area contributed by atoms with Crippen molar-refractivity contribution >= 4 is 23.5 Å². The van der Waals surface area contributed by atoms with Gasteiger partial charge in [-0.3, -0.25) is 0 Å². The van der Waals surface area contributed by atoms with Crippen molar-refractivity contribution in [1.29, 1.82) is 0 Å². The van der Waals surface area contributed by atoms with Gasteiger partial charge in [-0.05, 0) is 23.0 Å². The molecule has 0 aliphatic carbocycles. The highest BCUT2D eigenvalue weighted by Gasteiger charge is 2.21. The summed E-state index contributed by atoms with van der Waals surface area (Å²) in [7, 11) is 0. The molecule has 0 radical (unpaired) electrons. The highest BCUT2D eigenvalue weighted by molar-refractivity contribution is 8.06. The lowest BCUT2D eigenvalue weighted by Crippen LogP contribution is -2.38. The van der Waals surface area contributed by atoms with E-state index in [9.17, 15) is 0 Å². The fourth-order valence-corrected chi connectivity index (χ4v) is 5.12. The van der Waals surface area contributed by atoms with Crippen molar-refractivity contribution in [3.05, 3.63) is 35.4 Å². The van der Waals surface area contributed by atoms with Gasteiger partial charge in [-0.15, -0.1) is 0 Å². The molecule has 2 atom stereocenters. The molecule has 3 heteroatoms. The fraction of sp³-hybridized carbons (Fsp3) is 0.625. The van der Waals surface area contributed by atoms with Crippen LogP contribution in [0.1, 0.15) is 31.9 Å². The van der Waals surface area contributed by atoms with E-state index in [1.807, 2.05) is 11.8 Å². The highest BCUT2D eigenvalue weighted by atomic mass is 32.2. The van der Waals surface area contributed by atoms with Crippen LogP contribution in [0.15, 0.2) is 24.3 Å². The average Bonchev–Trinajstić information content (AvgIpc) is 2.39. The molecule has 0 amide bonds. The Labute approximate surface area is 126 Å². The summed E-state index contributed by atoms with van der Waals surface area (Å²) in [5.41, 5.74) is 9.37. The van der Waals surface area contributed by atoms with Crippen molar-refractivity contribution in [2.45, 2.75) is 43.9 Å². The normalized spacial score (nSPS) is 22.2. The predicted molar refractivity (Wildman–Crippen MR) is 90.4 cm³/mol. The summed E-state index contributed by atoms with van der Waals surface area (Å²) in [6.07, 6.45) is 1.00. The van der Waals surface area contributed by atoms with E-state index in [0.29, 0.717) is 11.3 Å². The first-order valence-corrected chi connectivity index (χ1v) is 9.21. The van der Waals surface area contributed by atoms with E-state index in [1.165, 1.54) is 28.4 Å². The topological polar surface area (TPSA) is 26.0 Å². The maximum atomic E-state index is 6.37. The number of rotatable bonds is 3. The zero-order chi connectivity index (χ0) is 13.9. The molecular formula is C16H25NS2. The molecule has 0 spiro atoms. The molecule has 19 heavy (non-hydrogen) atoms. The Morgan fingerprint density at radius 2 is 1.89 bits per heavy atom. The lowest BCUT2D eigenvalue weighted by atomic mass is 9.86. The molecule has 0 aromatic heterocycles. The third kappa shape index (κ3) is 4.44. The second-order valence-electron chi connectivity index (χ2n) is 6.30. The molecule has 0 saturated carbocycles. The molecule has 1 aromatic carbocycles. The quantitative estimate of drug-likeness (QED) is 0.921. The molecule has 106 valence electrons. The minimum absolute atomic E-state index is 0.233. The van der Waals surface area contributed by atoms with E-state index in [4.69, 9.17) is 5.73 Å². The molecule has 1 aliphatic rings. The van der Waals surface area contributed by atoms with E-state index in [0.717, 1.165) is 6.42 Å². The number of thioether (sulfide) groups is 2. The number of benzene rings is 1. The molecule has 2 rings (SSSR count). The molecule has 1 heterocycles. The van der Waals surface area contributed by atoms with Gasteiger partial charge in [-0.1, -0.05) is 45.0 Å². The number of hydrogen-bond donors (Lipinski definition) is 1. The monoisotopic (exact) mass is 295 g/mol. The van der Waals surface area contributed by atoms with Gasteiger partial charge in [0.1, 0.15) is 0 Å². The minimum Gasteiger partial charge on any atom is -0.326 e. The maximum absolute atomic E-state index is 6.37. The molecule has 1 nitrogen and oxygen atoms in total. The second kappa shape index (κ2) is 6.55. The Morgan fingerprint density at radius 1 is 1.21 bits per heavy atom. The summed E-state index contributed by atoms with van der Waals surface area (Å²) in [6, 6.07) is 9.30. The molecule has 1 aromatic rings. The molecule has 1 aliphatic heterocycles. The summed E-state index contributed by atoms with van der Waals surface area (Å²) in [4.78, 5) is 0. The molecule has 1 fully saturated rings. The van der Waals surface area contributed by atoms with Crippen LogP contribution in [0, 0.1) is 0 Å². The van der Waals surface area contributed by atoms with Crippen LogP contribution in [0.3, 0.4) is 0 Å². The number of hydrogen-bond acceptors (Lipinski definition) is 3. The standard InChI is InChI=1S/C16H25NS2/c1-16(2,3)13-6-4-12(5-7-13)10-14(17)15-11-18-8-9-19-15/h4-7,14-15H,8-11,17H2,1-3H3. The average molecular weight is 296 g/mol. The van der Waals surface area contributed by atoms with Gasteiger partial charge in [0.05, 0.1) is 0 Å². The van der Waals surface area contributed by atoms with E-state index in [-0.39, 0.29) is 5.41 Å². The minimum atomic E-state index is 0.233. The summed E-state index contributed by atoms with van der Waals surface area (Å²) < 4.78 is 0. The van der Waals surface area contributed by atoms with Gasteiger partial charge in [0.2, 0.25) is 0 Å². The van der Waals surface area contributed by atoms with Crippen LogP contribution >= 0.6 is 23.5 Å². The summed E-state index contributed by atoms with van der Waals surface area (Å²) in [6.45, 7) is 6.76. The van der Waals surface area contributed by atoms with E-state index < -0.39 is 0 Å². The molecule has 2 unspecified atom stereocenters. The van der Waals surface area contributed by atoms with Crippen LogP contribution in [0.5, 0.6) is 0 Å². The van der Waals surface area contributed by atoms with Gasteiger partial charge >= 0.3 is 0 Å². The highest BCUT2D eigenvalue weighted by Crippen LogP contribution is 2.27. The summed E-state index contributed by atoms with van der Waals surface area (Å²) >= 11 is 4.10. The maximum Gasteiger partial charge on any atom is 0.0293 e. The SMILES string of the molecule is CC(C)(C)c1ccc(CC(N)C2CSCCS2)cc1. The van der Waals surface area contributed by atoms with Crippen molar-refractivity contribution < 1.29 is 0 Å². The van der Waals surface area contributed by atoms with Gasteiger partial charge in [-0.25, -0.2) is 0 Å².